The Morgan fingerprint density at radius 1 is 1.37 bits per heavy atom. The maximum atomic E-state index is 12.1. The summed E-state index contributed by atoms with van der Waals surface area (Å²) in [4.78, 5) is 12.1. The zero-order valence-corrected chi connectivity index (χ0v) is 13.9. The molecule has 1 aromatic rings. The molecule has 19 heavy (non-hydrogen) atoms. The van der Waals surface area contributed by atoms with Crippen LogP contribution in [0, 0.1) is 12.3 Å². The molecule has 0 spiro atoms. The first kappa shape index (κ1) is 16.2. The Hall–Kier alpha value is -0.830. The van der Waals surface area contributed by atoms with E-state index in [-0.39, 0.29) is 17.4 Å². The maximum Gasteiger partial charge on any atom is 0.224 e. The van der Waals surface area contributed by atoms with Gasteiger partial charge in [-0.3, -0.25) is 4.79 Å². The van der Waals surface area contributed by atoms with Crippen molar-refractivity contribution in [1.29, 1.82) is 0 Å². The Balaban J connectivity index is 2.63. The van der Waals surface area contributed by atoms with Gasteiger partial charge in [0.05, 0.1) is 6.42 Å². The Morgan fingerprint density at radius 2 is 2.05 bits per heavy atom. The average Bonchev–Trinajstić information content (AvgIpc) is 2.27. The highest BCUT2D eigenvalue weighted by Gasteiger charge is 2.25. The summed E-state index contributed by atoms with van der Waals surface area (Å²) in [6.07, 6.45) is 1.40. The van der Waals surface area contributed by atoms with Gasteiger partial charge in [-0.15, -0.1) is 0 Å². The number of halogens is 1. The van der Waals surface area contributed by atoms with E-state index in [1.807, 2.05) is 25.1 Å². The van der Waals surface area contributed by atoms with E-state index in [9.17, 15) is 4.79 Å². The first-order valence-corrected chi connectivity index (χ1v) is 7.86. The number of amides is 1. The second-order valence-electron chi connectivity index (χ2n) is 6.13. The fraction of sp³-hybridized carbons (Fsp3) is 0.562. The molecule has 1 unspecified atom stereocenters. The molecule has 1 amide bonds. The van der Waals surface area contributed by atoms with Crippen molar-refractivity contribution < 1.29 is 4.79 Å². The minimum Gasteiger partial charge on any atom is -0.353 e. The summed E-state index contributed by atoms with van der Waals surface area (Å²) >= 11 is 3.46. The largest absolute Gasteiger partial charge is 0.353 e. The number of nitrogens with one attached hydrogen (secondary N) is 1. The van der Waals surface area contributed by atoms with Crippen molar-refractivity contribution in [1.82, 2.24) is 5.32 Å². The Kier molecular flexibility index (Phi) is 6.05. The molecule has 2 nitrogen and oxygen atoms in total. The van der Waals surface area contributed by atoms with E-state index in [1.54, 1.807) is 0 Å². The molecule has 1 aromatic carbocycles. The lowest BCUT2D eigenvalue weighted by molar-refractivity contribution is -0.121. The van der Waals surface area contributed by atoms with Gasteiger partial charge in [-0.1, -0.05) is 66.5 Å². The summed E-state index contributed by atoms with van der Waals surface area (Å²) in [5, 5.41) is 4.06. The van der Waals surface area contributed by atoms with Gasteiger partial charge in [0.2, 0.25) is 5.91 Å². The molecule has 0 aliphatic rings. The molecule has 0 fully saturated rings. The average molecular weight is 326 g/mol. The van der Waals surface area contributed by atoms with Crippen LogP contribution in [-0.2, 0) is 11.2 Å². The number of carbonyl (C=O) groups excluding carboxylic acids is 1. The van der Waals surface area contributed by atoms with Crippen molar-refractivity contribution in [3.63, 3.8) is 0 Å². The van der Waals surface area contributed by atoms with Crippen LogP contribution < -0.4 is 5.32 Å². The van der Waals surface area contributed by atoms with Crippen LogP contribution in [0.4, 0.5) is 0 Å². The van der Waals surface area contributed by atoms with Gasteiger partial charge in [-0.25, -0.2) is 0 Å². The molecule has 0 bridgehead atoms. The number of rotatable bonds is 5. The van der Waals surface area contributed by atoms with E-state index in [0.717, 1.165) is 17.3 Å². The molecule has 106 valence electrons. The number of hydrogen-bond acceptors (Lipinski definition) is 1. The molecule has 1 atom stereocenters. The minimum atomic E-state index is 0.0794. The molecule has 0 aliphatic heterocycles. The lowest BCUT2D eigenvalue weighted by atomic mass is 9.85. The zero-order chi connectivity index (χ0) is 14.5. The van der Waals surface area contributed by atoms with Gasteiger partial charge in [-0.05, 0) is 24.3 Å². The summed E-state index contributed by atoms with van der Waals surface area (Å²) in [7, 11) is 0. The molecule has 0 saturated heterocycles. The monoisotopic (exact) mass is 325 g/mol. The molecule has 0 aliphatic carbocycles. The molecule has 3 heteroatoms. The molecule has 0 saturated carbocycles. The number of benzene rings is 1. The van der Waals surface area contributed by atoms with Gasteiger partial charge >= 0.3 is 0 Å². The van der Waals surface area contributed by atoms with Gasteiger partial charge in [-0.2, -0.15) is 0 Å². The summed E-state index contributed by atoms with van der Waals surface area (Å²) in [5.41, 5.74) is 2.35. The van der Waals surface area contributed by atoms with Crippen LogP contribution in [0.5, 0.6) is 0 Å². The van der Waals surface area contributed by atoms with Crippen molar-refractivity contribution >= 4 is 21.8 Å². The highest BCUT2D eigenvalue weighted by Crippen LogP contribution is 2.22. The lowest BCUT2D eigenvalue weighted by Gasteiger charge is -2.31. The molecule has 1 N–H and O–H groups in total. The van der Waals surface area contributed by atoms with Crippen LogP contribution in [0.25, 0.3) is 0 Å². The number of hydrogen-bond donors (Lipinski definition) is 1. The molecular weight excluding hydrogens is 302 g/mol. The number of aryl methyl sites for hydroxylation is 1. The van der Waals surface area contributed by atoms with E-state index in [0.29, 0.717) is 6.42 Å². The highest BCUT2D eigenvalue weighted by molar-refractivity contribution is 9.09. The van der Waals surface area contributed by atoms with Gasteiger partial charge < -0.3 is 5.32 Å². The second kappa shape index (κ2) is 7.09. The van der Waals surface area contributed by atoms with Crippen molar-refractivity contribution in [2.24, 2.45) is 5.41 Å². The van der Waals surface area contributed by atoms with Crippen LogP contribution in [-0.4, -0.2) is 17.3 Å². The van der Waals surface area contributed by atoms with Crippen LogP contribution in [0.1, 0.15) is 38.3 Å². The zero-order valence-electron chi connectivity index (χ0n) is 12.3. The SMILES string of the molecule is Cc1cccc(CC(=O)NC(CCBr)C(C)(C)C)c1. The normalized spacial score (nSPS) is 13.1. The minimum absolute atomic E-state index is 0.0794. The van der Waals surface area contributed by atoms with E-state index < -0.39 is 0 Å². The third-order valence-corrected chi connectivity index (χ3v) is 3.68. The van der Waals surface area contributed by atoms with Crippen molar-refractivity contribution in [3.05, 3.63) is 35.4 Å². The molecule has 1 rings (SSSR count). The third-order valence-electron chi connectivity index (χ3n) is 3.23. The first-order chi connectivity index (χ1) is 8.82. The van der Waals surface area contributed by atoms with Crippen molar-refractivity contribution in [2.75, 3.05) is 5.33 Å². The smallest absolute Gasteiger partial charge is 0.224 e. The topological polar surface area (TPSA) is 29.1 Å². The third kappa shape index (κ3) is 5.77. The van der Waals surface area contributed by atoms with Crippen LogP contribution >= 0.6 is 15.9 Å². The Labute approximate surface area is 125 Å². The van der Waals surface area contributed by atoms with Crippen molar-refractivity contribution in [2.45, 2.75) is 46.6 Å². The Morgan fingerprint density at radius 3 is 2.58 bits per heavy atom. The molecule has 0 radical (unpaired) electrons. The summed E-state index contributed by atoms with van der Waals surface area (Å²) in [5.74, 6) is 0.103. The number of carbonyl (C=O) groups is 1. The van der Waals surface area contributed by atoms with E-state index in [2.05, 4.69) is 48.1 Å². The van der Waals surface area contributed by atoms with Gasteiger partial charge in [0.15, 0.2) is 0 Å². The van der Waals surface area contributed by atoms with Crippen LogP contribution in [0.3, 0.4) is 0 Å². The van der Waals surface area contributed by atoms with Crippen LogP contribution in [0.2, 0.25) is 0 Å². The predicted molar refractivity (Wildman–Crippen MR) is 84.7 cm³/mol. The number of alkyl halides is 1. The summed E-state index contributed by atoms with van der Waals surface area (Å²) in [6.45, 7) is 8.53. The van der Waals surface area contributed by atoms with E-state index in [4.69, 9.17) is 0 Å². The predicted octanol–water partition coefficient (Wildman–Crippen LogP) is 3.85. The Bertz CT molecular complexity index is 423. The van der Waals surface area contributed by atoms with Gasteiger partial charge in [0, 0.05) is 11.4 Å². The fourth-order valence-electron chi connectivity index (χ4n) is 2.08. The van der Waals surface area contributed by atoms with E-state index in [1.165, 1.54) is 5.56 Å². The standard InChI is InChI=1S/C16H24BrNO/c1-12-6-5-7-13(10-12)11-15(19)18-14(8-9-17)16(2,3)4/h5-7,10,14H,8-9,11H2,1-4H3,(H,18,19). The van der Waals surface area contributed by atoms with Crippen molar-refractivity contribution in [3.8, 4) is 0 Å². The lowest BCUT2D eigenvalue weighted by Crippen LogP contribution is -2.44. The van der Waals surface area contributed by atoms with E-state index >= 15 is 0 Å². The fourth-order valence-corrected chi connectivity index (χ4v) is 2.54. The highest BCUT2D eigenvalue weighted by atomic mass is 79.9. The summed E-state index contributed by atoms with van der Waals surface area (Å²) in [6, 6.07) is 8.31. The molecule has 0 aromatic heterocycles. The first-order valence-electron chi connectivity index (χ1n) is 6.74. The summed E-state index contributed by atoms with van der Waals surface area (Å²) < 4.78 is 0. The quantitative estimate of drug-likeness (QED) is 0.818. The molecular formula is C16H24BrNO. The van der Waals surface area contributed by atoms with Gasteiger partial charge in [0.25, 0.3) is 0 Å². The maximum absolute atomic E-state index is 12.1. The molecule has 0 heterocycles. The second-order valence-corrected chi connectivity index (χ2v) is 6.92. The van der Waals surface area contributed by atoms with Gasteiger partial charge in [0.1, 0.15) is 0 Å². The van der Waals surface area contributed by atoms with Crippen LogP contribution in [0.15, 0.2) is 24.3 Å².